The summed E-state index contributed by atoms with van der Waals surface area (Å²) >= 11 is 0. The van der Waals surface area contributed by atoms with Gasteiger partial charge in [-0.2, -0.15) is 5.26 Å². The first kappa shape index (κ1) is 20.6. The van der Waals surface area contributed by atoms with Gasteiger partial charge in [-0.05, 0) is 39.2 Å². The average Bonchev–Trinajstić information content (AvgIpc) is 2.68. The summed E-state index contributed by atoms with van der Waals surface area (Å²) in [7, 11) is 0. The average molecular weight is 385 g/mol. The number of benzene rings is 1. The fourth-order valence-electron chi connectivity index (χ4n) is 4.06. The topological polar surface area (TPSA) is 59.8 Å². The van der Waals surface area contributed by atoms with Crippen LogP contribution in [0, 0.1) is 11.3 Å². The van der Waals surface area contributed by atoms with Crippen molar-refractivity contribution in [3.8, 4) is 6.07 Å². The van der Waals surface area contributed by atoms with E-state index < -0.39 is 11.1 Å². The quantitative estimate of drug-likeness (QED) is 0.801. The Bertz CT molecular complexity index is 691. The van der Waals surface area contributed by atoms with Crippen LogP contribution in [0.5, 0.6) is 0 Å². The molecule has 2 fully saturated rings. The van der Waals surface area contributed by atoms with Crippen molar-refractivity contribution >= 4 is 6.09 Å². The Labute approximate surface area is 168 Å². The van der Waals surface area contributed by atoms with E-state index in [4.69, 9.17) is 4.74 Å². The number of amides is 1. The van der Waals surface area contributed by atoms with E-state index in [1.165, 1.54) is 5.56 Å². The van der Waals surface area contributed by atoms with Crippen LogP contribution in [0.3, 0.4) is 0 Å². The van der Waals surface area contributed by atoms with Crippen molar-refractivity contribution in [2.45, 2.75) is 51.3 Å². The Balaban J connectivity index is 1.52. The highest BCUT2D eigenvalue weighted by atomic mass is 16.6. The highest BCUT2D eigenvalue weighted by Crippen LogP contribution is 2.30. The Morgan fingerprint density at radius 1 is 1.07 bits per heavy atom. The fraction of sp³-hybridized carbons (Fsp3) is 0.636. The van der Waals surface area contributed by atoms with Gasteiger partial charge in [0, 0.05) is 45.8 Å². The van der Waals surface area contributed by atoms with Crippen molar-refractivity contribution in [3.05, 3.63) is 35.9 Å². The van der Waals surface area contributed by atoms with Crippen molar-refractivity contribution in [1.82, 2.24) is 14.7 Å². The van der Waals surface area contributed by atoms with Crippen LogP contribution in [-0.2, 0) is 11.3 Å². The van der Waals surface area contributed by atoms with Crippen LogP contribution in [0.15, 0.2) is 30.3 Å². The monoisotopic (exact) mass is 384 g/mol. The zero-order valence-electron chi connectivity index (χ0n) is 17.4. The molecule has 0 radical (unpaired) electrons. The number of carbonyl (C=O) groups excluding carboxylic acids is 1. The third kappa shape index (κ3) is 5.03. The van der Waals surface area contributed by atoms with E-state index >= 15 is 0 Å². The zero-order chi connectivity index (χ0) is 20.2. The third-order valence-corrected chi connectivity index (χ3v) is 5.68. The largest absolute Gasteiger partial charge is 0.444 e. The van der Waals surface area contributed by atoms with Crippen LogP contribution in [0.2, 0.25) is 0 Å². The molecule has 2 saturated heterocycles. The normalized spacial score (nSPS) is 21.1. The second kappa shape index (κ2) is 8.50. The van der Waals surface area contributed by atoms with Gasteiger partial charge in [0.2, 0.25) is 0 Å². The third-order valence-electron chi connectivity index (χ3n) is 5.68. The van der Waals surface area contributed by atoms with E-state index in [2.05, 4.69) is 40.1 Å². The van der Waals surface area contributed by atoms with Gasteiger partial charge in [-0.1, -0.05) is 30.3 Å². The molecule has 0 spiro atoms. The molecule has 1 aromatic carbocycles. The van der Waals surface area contributed by atoms with Crippen molar-refractivity contribution < 1.29 is 9.53 Å². The minimum Gasteiger partial charge on any atom is -0.444 e. The molecule has 152 valence electrons. The molecule has 0 N–H and O–H groups in total. The van der Waals surface area contributed by atoms with Gasteiger partial charge in [0.05, 0.1) is 6.07 Å². The number of carbonyl (C=O) groups is 1. The van der Waals surface area contributed by atoms with Crippen LogP contribution in [0.25, 0.3) is 0 Å². The molecule has 6 heteroatoms. The maximum absolute atomic E-state index is 12.3. The molecule has 2 aliphatic rings. The van der Waals surface area contributed by atoms with E-state index in [0.717, 1.165) is 32.7 Å². The maximum Gasteiger partial charge on any atom is 0.410 e. The van der Waals surface area contributed by atoms with E-state index in [9.17, 15) is 10.1 Å². The van der Waals surface area contributed by atoms with E-state index in [1.807, 2.05) is 26.8 Å². The van der Waals surface area contributed by atoms with Gasteiger partial charge in [0.25, 0.3) is 0 Å². The summed E-state index contributed by atoms with van der Waals surface area (Å²) in [6, 6.07) is 13.1. The number of nitrogens with zero attached hydrogens (tertiary/aromatic N) is 4. The molecule has 0 bridgehead atoms. The van der Waals surface area contributed by atoms with Gasteiger partial charge in [0.15, 0.2) is 0 Å². The van der Waals surface area contributed by atoms with Gasteiger partial charge < -0.3 is 9.64 Å². The Hall–Kier alpha value is -2.10. The summed E-state index contributed by atoms with van der Waals surface area (Å²) in [6.07, 6.45) is 1.09. The van der Waals surface area contributed by atoms with Crippen molar-refractivity contribution in [2.75, 3.05) is 39.3 Å². The molecule has 0 saturated carbocycles. The number of ether oxygens (including phenoxy) is 1. The molecular weight excluding hydrogens is 352 g/mol. The number of piperidine rings is 1. The second-order valence-electron chi connectivity index (χ2n) is 8.86. The number of likely N-dealkylation sites (tertiary alicyclic amines) is 1. The lowest BCUT2D eigenvalue weighted by molar-refractivity contribution is -0.00429. The van der Waals surface area contributed by atoms with Crippen LogP contribution < -0.4 is 0 Å². The molecule has 0 aliphatic carbocycles. The Morgan fingerprint density at radius 3 is 2.21 bits per heavy atom. The van der Waals surface area contributed by atoms with Crippen LogP contribution in [0.1, 0.15) is 39.2 Å². The van der Waals surface area contributed by atoms with Crippen molar-refractivity contribution in [1.29, 1.82) is 5.26 Å². The standard InChI is InChI=1S/C22H32N4O2/c1-21(2,3)28-20(27)25-11-9-22(18-23,10-12-25)26-15-13-24(14-16-26)17-19-7-5-4-6-8-19/h4-8H,9-17H2,1-3H3. The number of nitriles is 1. The molecule has 3 rings (SSSR count). The summed E-state index contributed by atoms with van der Waals surface area (Å²) in [5.74, 6) is 0. The first-order valence-electron chi connectivity index (χ1n) is 10.2. The summed E-state index contributed by atoms with van der Waals surface area (Å²) in [5, 5.41) is 9.97. The number of hydrogen-bond acceptors (Lipinski definition) is 5. The van der Waals surface area contributed by atoms with Crippen LogP contribution >= 0.6 is 0 Å². The molecule has 1 amide bonds. The first-order chi connectivity index (χ1) is 13.3. The van der Waals surface area contributed by atoms with E-state index in [1.54, 1.807) is 4.90 Å². The molecule has 1 aromatic rings. The van der Waals surface area contributed by atoms with Crippen LogP contribution in [0.4, 0.5) is 4.79 Å². The first-order valence-corrected chi connectivity index (χ1v) is 10.2. The lowest BCUT2D eigenvalue weighted by atomic mass is 9.86. The predicted molar refractivity (Wildman–Crippen MR) is 109 cm³/mol. The van der Waals surface area contributed by atoms with Gasteiger partial charge >= 0.3 is 6.09 Å². The summed E-state index contributed by atoms with van der Waals surface area (Å²) in [6.45, 7) is 11.5. The molecule has 2 aliphatic heterocycles. The van der Waals surface area contributed by atoms with Crippen LogP contribution in [-0.4, -0.2) is 71.2 Å². The summed E-state index contributed by atoms with van der Waals surface area (Å²) < 4.78 is 5.48. The van der Waals surface area contributed by atoms with Gasteiger partial charge in [-0.25, -0.2) is 4.79 Å². The molecule has 6 nitrogen and oxygen atoms in total. The van der Waals surface area contributed by atoms with Gasteiger partial charge in [0.1, 0.15) is 11.1 Å². The smallest absolute Gasteiger partial charge is 0.410 e. The minimum absolute atomic E-state index is 0.272. The van der Waals surface area contributed by atoms with E-state index in [0.29, 0.717) is 25.9 Å². The maximum atomic E-state index is 12.3. The molecule has 0 unspecified atom stereocenters. The lowest BCUT2D eigenvalue weighted by Gasteiger charge is -2.47. The van der Waals surface area contributed by atoms with E-state index in [-0.39, 0.29) is 6.09 Å². The molecule has 28 heavy (non-hydrogen) atoms. The summed E-state index contributed by atoms with van der Waals surface area (Å²) in [4.78, 5) is 18.8. The summed E-state index contributed by atoms with van der Waals surface area (Å²) in [5.41, 5.74) is 0.379. The van der Waals surface area contributed by atoms with Crippen molar-refractivity contribution in [3.63, 3.8) is 0 Å². The Kier molecular flexibility index (Phi) is 6.26. The molecule has 2 heterocycles. The molecule has 0 atom stereocenters. The highest BCUT2D eigenvalue weighted by molar-refractivity contribution is 5.68. The van der Waals surface area contributed by atoms with Gasteiger partial charge in [-0.3, -0.25) is 9.80 Å². The second-order valence-corrected chi connectivity index (χ2v) is 8.86. The fourth-order valence-corrected chi connectivity index (χ4v) is 4.06. The van der Waals surface area contributed by atoms with Gasteiger partial charge in [-0.15, -0.1) is 0 Å². The number of rotatable bonds is 3. The molecular formula is C22H32N4O2. The highest BCUT2D eigenvalue weighted by Gasteiger charge is 2.42. The minimum atomic E-state index is -0.490. The SMILES string of the molecule is CC(C)(C)OC(=O)N1CCC(C#N)(N2CCN(Cc3ccccc3)CC2)CC1. The predicted octanol–water partition coefficient (Wildman–Crippen LogP) is 3.10. The zero-order valence-corrected chi connectivity index (χ0v) is 17.4. The Morgan fingerprint density at radius 2 is 1.68 bits per heavy atom. The molecule has 0 aromatic heterocycles. The number of piperazine rings is 1. The van der Waals surface area contributed by atoms with Crippen molar-refractivity contribution in [2.24, 2.45) is 0 Å². The lowest BCUT2D eigenvalue weighted by Crippen LogP contribution is -2.60. The number of hydrogen-bond donors (Lipinski definition) is 0.